The normalized spacial score (nSPS) is 13.5. The number of aromatic nitrogens is 1. The van der Waals surface area contributed by atoms with E-state index in [1.165, 1.54) is 24.6 Å². The first kappa shape index (κ1) is 15.9. The van der Waals surface area contributed by atoms with Crippen LogP contribution in [0.2, 0.25) is 0 Å². The zero-order valence-electron chi connectivity index (χ0n) is 11.6. The van der Waals surface area contributed by atoms with Crippen molar-refractivity contribution < 1.29 is 8.42 Å². The minimum absolute atomic E-state index is 0.193. The van der Waals surface area contributed by atoms with Crippen LogP contribution < -0.4 is 11.1 Å². The second-order valence-corrected chi connectivity index (χ2v) is 6.88. The van der Waals surface area contributed by atoms with Gasteiger partial charge in [0, 0.05) is 26.8 Å². The molecule has 1 rings (SSSR count). The summed E-state index contributed by atoms with van der Waals surface area (Å²) in [5.74, 6) is 1.12. The van der Waals surface area contributed by atoms with E-state index in [1.807, 2.05) is 0 Å². The number of hydrogen-bond donors (Lipinski definition) is 2. The van der Waals surface area contributed by atoms with E-state index in [9.17, 15) is 8.42 Å². The molecule has 0 aliphatic carbocycles. The highest BCUT2D eigenvalue weighted by atomic mass is 32.2. The van der Waals surface area contributed by atoms with Gasteiger partial charge in [0.25, 0.3) is 0 Å². The molecule has 1 heterocycles. The highest BCUT2D eigenvalue weighted by Gasteiger charge is 2.17. The van der Waals surface area contributed by atoms with E-state index in [2.05, 4.69) is 17.2 Å². The van der Waals surface area contributed by atoms with Crippen LogP contribution in [0.1, 0.15) is 13.3 Å². The van der Waals surface area contributed by atoms with Crippen molar-refractivity contribution in [3.05, 3.63) is 18.3 Å². The van der Waals surface area contributed by atoms with Crippen molar-refractivity contribution in [3.8, 4) is 0 Å². The Morgan fingerprint density at radius 2 is 2.11 bits per heavy atom. The third-order valence-electron chi connectivity index (χ3n) is 2.81. The fourth-order valence-electron chi connectivity index (χ4n) is 1.51. The summed E-state index contributed by atoms with van der Waals surface area (Å²) < 4.78 is 24.9. The van der Waals surface area contributed by atoms with Crippen molar-refractivity contribution in [2.75, 3.05) is 32.5 Å². The summed E-state index contributed by atoms with van der Waals surface area (Å²) in [5.41, 5.74) is 5.48. The zero-order chi connectivity index (χ0) is 14.5. The number of sulfonamides is 1. The number of pyridine rings is 1. The van der Waals surface area contributed by atoms with Gasteiger partial charge in [-0.2, -0.15) is 0 Å². The van der Waals surface area contributed by atoms with Gasteiger partial charge in [0.15, 0.2) is 0 Å². The maximum absolute atomic E-state index is 11.8. The number of nitrogens with one attached hydrogen (secondary N) is 1. The second kappa shape index (κ2) is 6.83. The summed E-state index contributed by atoms with van der Waals surface area (Å²) in [7, 11) is -0.415. The van der Waals surface area contributed by atoms with E-state index in [-0.39, 0.29) is 4.90 Å². The van der Waals surface area contributed by atoms with Crippen LogP contribution in [0.15, 0.2) is 23.2 Å². The smallest absolute Gasteiger partial charge is 0.244 e. The van der Waals surface area contributed by atoms with E-state index in [4.69, 9.17) is 5.73 Å². The first-order valence-corrected chi connectivity index (χ1v) is 7.64. The highest BCUT2D eigenvalue weighted by molar-refractivity contribution is 7.89. The van der Waals surface area contributed by atoms with Crippen molar-refractivity contribution >= 4 is 15.8 Å². The van der Waals surface area contributed by atoms with Crippen molar-refractivity contribution in [3.63, 3.8) is 0 Å². The van der Waals surface area contributed by atoms with Crippen LogP contribution in [0.3, 0.4) is 0 Å². The zero-order valence-corrected chi connectivity index (χ0v) is 12.4. The number of nitrogens with zero attached hydrogens (tertiary/aromatic N) is 2. The van der Waals surface area contributed by atoms with Gasteiger partial charge < -0.3 is 11.1 Å². The minimum Gasteiger partial charge on any atom is -0.370 e. The summed E-state index contributed by atoms with van der Waals surface area (Å²) in [4.78, 5) is 4.30. The molecule has 1 atom stereocenters. The average molecular weight is 286 g/mol. The van der Waals surface area contributed by atoms with Crippen LogP contribution in [0.4, 0.5) is 5.82 Å². The summed E-state index contributed by atoms with van der Waals surface area (Å²) in [6.45, 7) is 3.53. The lowest BCUT2D eigenvalue weighted by Crippen LogP contribution is -2.22. The van der Waals surface area contributed by atoms with Crippen molar-refractivity contribution in [1.29, 1.82) is 0 Å². The second-order valence-electron chi connectivity index (χ2n) is 4.73. The number of anilines is 1. The summed E-state index contributed by atoms with van der Waals surface area (Å²) in [6, 6.07) is 3.23. The SMILES string of the molecule is CC(CCN)CNc1ccc(S(=O)(=O)N(C)C)cn1. The Bertz CT molecular complexity index is 485. The molecule has 0 saturated heterocycles. The van der Waals surface area contributed by atoms with Gasteiger partial charge in [0.2, 0.25) is 10.0 Å². The Balaban J connectivity index is 2.67. The van der Waals surface area contributed by atoms with E-state index in [0.29, 0.717) is 18.3 Å². The molecule has 3 N–H and O–H groups in total. The molecule has 1 unspecified atom stereocenters. The third kappa shape index (κ3) is 4.45. The Morgan fingerprint density at radius 1 is 1.42 bits per heavy atom. The Kier molecular flexibility index (Phi) is 5.71. The molecule has 1 aromatic heterocycles. The van der Waals surface area contributed by atoms with Crippen LogP contribution in [0, 0.1) is 5.92 Å². The first-order valence-electron chi connectivity index (χ1n) is 6.20. The summed E-state index contributed by atoms with van der Waals surface area (Å²) >= 11 is 0. The Morgan fingerprint density at radius 3 is 2.58 bits per heavy atom. The number of hydrogen-bond acceptors (Lipinski definition) is 5. The highest BCUT2D eigenvalue weighted by Crippen LogP contribution is 2.14. The monoisotopic (exact) mass is 286 g/mol. The average Bonchev–Trinajstić information content (AvgIpc) is 2.37. The van der Waals surface area contributed by atoms with Crippen molar-refractivity contribution in [1.82, 2.24) is 9.29 Å². The molecule has 7 heteroatoms. The van der Waals surface area contributed by atoms with Gasteiger partial charge in [0.05, 0.1) is 0 Å². The maximum atomic E-state index is 11.8. The van der Waals surface area contributed by atoms with Gasteiger partial charge in [-0.3, -0.25) is 0 Å². The van der Waals surface area contributed by atoms with Crippen LogP contribution in [0.5, 0.6) is 0 Å². The summed E-state index contributed by atoms with van der Waals surface area (Å²) in [5, 5.41) is 3.16. The molecule has 0 aliphatic rings. The molecular weight excluding hydrogens is 264 g/mol. The molecule has 1 aromatic rings. The van der Waals surface area contributed by atoms with Crippen LogP contribution in [-0.4, -0.2) is 44.9 Å². The molecule has 0 spiro atoms. The fraction of sp³-hybridized carbons (Fsp3) is 0.583. The van der Waals surface area contributed by atoms with Crippen molar-refractivity contribution in [2.24, 2.45) is 11.7 Å². The van der Waals surface area contributed by atoms with Gasteiger partial charge in [-0.05, 0) is 31.0 Å². The van der Waals surface area contributed by atoms with Crippen LogP contribution >= 0.6 is 0 Å². The number of rotatable bonds is 7. The van der Waals surface area contributed by atoms with E-state index in [1.54, 1.807) is 12.1 Å². The van der Waals surface area contributed by atoms with Crippen molar-refractivity contribution in [2.45, 2.75) is 18.2 Å². The summed E-state index contributed by atoms with van der Waals surface area (Å²) in [6.07, 6.45) is 2.31. The molecule has 0 aromatic carbocycles. The predicted molar refractivity (Wildman–Crippen MR) is 76.4 cm³/mol. The maximum Gasteiger partial charge on any atom is 0.244 e. The van der Waals surface area contributed by atoms with Gasteiger partial charge in [0.1, 0.15) is 10.7 Å². The van der Waals surface area contributed by atoms with E-state index >= 15 is 0 Å². The molecule has 0 aliphatic heterocycles. The third-order valence-corrected chi connectivity index (χ3v) is 4.60. The van der Waals surface area contributed by atoms with E-state index in [0.717, 1.165) is 13.0 Å². The standard InChI is InChI=1S/C12H22N4O2S/c1-10(6-7-13)8-14-12-5-4-11(9-15-12)19(17,18)16(2)3/h4-5,9-10H,6-8,13H2,1-3H3,(H,14,15). The van der Waals surface area contributed by atoms with Gasteiger partial charge in [-0.25, -0.2) is 17.7 Å². The first-order chi connectivity index (χ1) is 8.87. The van der Waals surface area contributed by atoms with Crippen LogP contribution in [0.25, 0.3) is 0 Å². The van der Waals surface area contributed by atoms with Gasteiger partial charge >= 0.3 is 0 Å². The van der Waals surface area contributed by atoms with Gasteiger partial charge in [-0.1, -0.05) is 6.92 Å². The minimum atomic E-state index is -3.41. The Hall–Kier alpha value is -1.18. The fourth-order valence-corrected chi connectivity index (χ4v) is 2.36. The lowest BCUT2D eigenvalue weighted by Gasteiger charge is -2.13. The molecule has 0 radical (unpaired) electrons. The molecule has 0 amide bonds. The Labute approximate surface area is 115 Å². The quantitative estimate of drug-likeness (QED) is 0.771. The topological polar surface area (TPSA) is 88.3 Å². The molecule has 0 saturated carbocycles. The molecule has 108 valence electrons. The molecule has 0 bridgehead atoms. The van der Waals surface area contributed by atoms with E-state index < -0.39 is 10.0 Å². The largest absolute Gasteiger partial charge is 0.370 e. The lowest BCUT2D eigenvalue weighted by molar-refractivity contribution is 0.520. The predicted octanol–water partition coefficient (Wildman–Crippen LogP) is 0.729. The number of nitrogens with two attached hydrogens (primary N) is 1. The van der Waals surface area contributed by atoms with Crippen LogP contribution in [-0.2, 0) is 10.0 Å². The lowest BCUT2D eigenvalue weighted by atomic mass is 10.1. The molecule has 0 fully saturated rings. The molecule has 6 nitrogen and oxygen atoms in total. The molecule has 19 heavy (non-hydrogen) atoms. The van der Waals surface area contributed by atoms with Gasteiger partial charge in [-0.15, -0.1) is 0 Å². The molecular formula is C12H22N4O2S.